The zero-order valence-electron chi connectivity index (χ0n) is 10.1. The molecule has 0 unspecified atom stereocenters. The van der Waals surface area contributed by atoms with Crippen molar-refractivity contribution in [2.75, 3.05) is 11.9 Å². The average Bonchev–Trinajstić information content (AvgIpc) is 2.38. The minimum Gasteiger partial charge on any atom is -0.476 e. The van der Waals surface area contributed by atoms with E-state index in [4.69, 9.17) is 4.74 Å². The Bertz CT molecular complexity index is 519. The van der Waals surface area contributed by atoms with Gasteiger partial charge in [-0.1, -0.05) is 0 Å². The Morgan fingerprint density at radius 3 is 3.06 bits per heavy atom. The molecule has 2 aromatic rings. The van der Waals surface area contributed by atoms with E-state index in [1.54, 1.807) is 12.4 Å². The van der Waals surface area contributed by atoms with Crippen molar-refractivity contribution in [1.29, 1.82) is 0 Å². The Morgan fingerprint density at radius 1 is 1.39 bits per heavy atom. The fourth-order valence-corrected chi connectivity index (χ4v) is 1.94. The first-order valence-electron chi connectivity index (χ1n) is 5.70. The summed E-state index contributed by atoms with van der Waals surface area (Å²) in [6.07, 6.45) is 5.31. The van der Waals surface area contributed by atoms with E-state index in [1.165, 1.54) is 0 Å². The van der Waals surface area contributed by atoms with Crippen LogP contribution in [0.3, 0.4) is 0 Å². The van der Waals surface area contributed by atoms with Gasteiger partial charge in [0.25, 0.3) is 0 Å². The molecule has 2 heterocycles. The molecule has 0 bridgehead atoms. The molecule has 0 fully saturated rings. The second kappa shape index (κ2) is 6.35. The van der Waals surface area contributed by atoms with Crippen LogP contribution in [-0.2, 0) is 6.54 Å². The van der Waals surface area contributed by atoms with Gasteiger partial charge in [-0.15, -0.1) is 0 Å². The van der Waals surface area contributed by atoms with Gasteiger partial charge in [-0.25, -0.2) is 4.98 Å². The number of nitrogens with zero attached hydrogens (tertiary/aromatic N) is 2. The van der Waals surface area contributed by atoms with Crippen LogP contribution >= 0.6 is 15.9 Å². The molecule has 0 aliphatic rings. The van der Waals surface area contributed by atoms with Crippen LogP contribution in [-0.4, -0.2) is 16.6 Å². The highest BCUT2D eigenvalue weighted by molar-refractivity contribution is 9.10. The Hall–Kier alpha value is -1.62. The molecule has 2 rings (SSSR count). The summed E-state index contributed by atoms with van der Waals surface area (Å²) in [7, 11) is 0. The third kappa shape index (κ3) is 3.43. The molecule has 94 valence electrons. The highest BCUT2D eigenvalue weighted by Crippen LogP contribution is 2.21. The zero-order valence-corrected chi connectivity index (χ0v) is 11.6. The predicted octanol–water partition coefficient (Wildman–Crippen LogP) is 3.25. The first-order valence-corrected chi connectivity index (χ1v) is 6.50. The molecule has 0 atom stereocenters. The molecule has 2 aromatic heterocycles. The van der Waals surface area contributed by atoms with E-state index in [0.29, 0.717) is 19.0 Å². The molecule has 0 aromatic carbocycles. The van der Waals surface area contributed by atoms with Gasteiger partial charge < -0.3 is 10.1 Å². The van der Waals surface area contributed by atoms with Gasteiger partial charge in [0.2, 0.25) is 5.88 Å². The lowest BCUT2D eigenvalue weighted by atomic mass is 10.3. The fourth-order valence-electron chi connectivity index (χ4n) is 1.53. The van der Waals surface area contributed by atoms with Crippen molar-refractivity contribution < 1.29 is 4.74 Å². The lowest BCUT2D eigenvalue weighted by Crippen LogP contribution is -2.04. The monoisotopic (exact) mass is 307 g/mol. The number of halogens is 1. The maximum atomic E-state index is 5.45. The predicted molar refractivity (Wildman–Crippen MR) is 74.7 cm³/mol. The summed E-state index contributed by atoms with van der Waals surface area (Å²) in [6, 6.07) is 5.85. The molecule has 0 spiro atoms. The van der Waals surface area contributed by atoms with E-state index in [-0.39, 0.29) is 0 Å². The molecule has 18 heavy (non-hydrogen) atoms. The summed E-state index contributed by atoms with van der Waals surface area (Å²) in [5, 5.41) is 3.29. The Kier molecular flexibility index (Phi) is 4.52. The maximum Gasteiger partial charge on any atom is 0.237 e. The van der Waals surface area contributed by atoms with Gasteiger partial charge in [0.15, 0.2) is 0 Å². The van der Waals surface area contributed by atoms with Gasteiger partial charge in [-0.2, -0.15) is 0 Å². The summed E-state index contributed by atoms with van der Waals surface area (Å²) >= 11 is 3.40. The molecule has 0 saturated heterocycles. The van der Waals surface area contributed by atoms with Crippen LogP contribution in [0.15, 0.2) is 41.3 Å². The second-order valence-electron chi connectivity index (χ2n) is 3.65. The van der Waals surface area contributed by atoms with E-state index in [2.05, 4.69) is 31.2 Å². The SMILES string of the molecule is CCOc1ncccc1NCc1cncc(Br)c1. The van der Waals surface area contributed by atoms with Crippen LogP contribution in [0.1, 0.15) is 12.5 Å². The first kappa shape index (κ1) is 12.8. The van der Waals surface area contributed by atoms with Crippen molar-refractivity contribution in [2.45, 2.75) is 13.5 Å². The maximum absolute atomic E-state index is 5.45. The molecule has 5 heteroatoms. The summed E-state index contributed by atoms with van der Waals surface area (Å²) in [4.78, 5) is 8.31. The van der Waals surface area contributed by atoms with E-state index >= 15 is 0 Å². The number of rotatable bonds is 5. The molecule has 4 nitrogen and oxygen atoms in total. The number of ether oxygens (including phenoxy) is 1. The standard InChI is InChI=1S/C13H14BrN3O/c1-2-18-13-12(4-3-5-16-13)17-8-10-6-11(14)9-15-7-10/h3-7,9,17H,2,8H2,1H3. The van der Waals surface area contributed by atoms with Crippen molar-refractivity contribution in [1.82, 2.24) is 9.97 Å². The molecule has 0 saturated carbocycles. The van der Waals surface area contributed by atoms with E-state index in [9.17, 15) is 0 Å². The van der Waals surface area contributed by atoms with Gasteiger partial charge in [0, 0.05) is 29.6 Å². The quantitative estimate of drug-likeness (QED) is 0.921. The minimum atomic E-state index is 0.601. The number of pyridine rings is 2. The zero-order chi connectivity index (χ0) is 12.8. The first-order chi connectivity index (χ1) is 8.79. The Morgan fingerprint density at radius 2 is 2.28 bits per heavy atom. The number of anilines is 1. The smallest absolute Gasteiger partial charge is 0.237 e. The number of hydrogen-bond donors (Lipinski definition) is 1. The van der Waals surface area contributed by atoms with Gasteiger partial charge in [0.05, 0.1) is 12.3 Å². The molecular weight excluding hydrogens is 294 g/mol. The van der Waals surface area contributed by atoms with Crippen molar-refractivity contribution in [3.8, 4) is 5.88 Å². The topological polar surface area (TPSA) is 47.0 Å². The van der Waals surface area contributed by atoms with Crippen LogP contribution in [0.2, 0.25) is 0 Å². The minimum absolute atomic E-state index is 0.601. The molecule has 0 radical (unpaired) electrons. The van der Waals surface area contributed by atoms with Gasteiger partial charge in [-0.05, 0) is 46.6 Å². The van der Waals surface area contributed by atoms with Crippen LogP contribution in [0.4, 0.5) is 5.69 Å². The Labute approximate surface area is 115 Å². The summed E-state index contributed by atoms with van der Waals surface area (Å²) < 4.78 is 6.42. The van der Waals surface area contributed by atoms with Crippen molar-refractivity contribution in [3.05, 3.63) is 46.8 Å². The van der Waals surface area contributed by atoms with Gasteiger partial charge in [-0.3, -0.25) is 4.98 Å². The van der Waals surface area contributed by atoms with E-state index in [1.807, 2.05) is 31.3 Å². The van der Waals surface area contributed by atoms with Crippen LogP contribution < -0.4 is 10.1 Å². The molecule has 1 N–H and O–H groups in total. The number of nitrogens with one attached hydrogen (secondary N) is 1. The van der Waals surface area contributed by atoms with Crippen molar-refractivity contribution >= 4 is 21.6 Å². The summed E-state index contributed by atoms with van der Waals surface area (Å²) in [5.74, 6) is 0.628. The molecule has 0 aliphatic carbocycles. The lowest BCUT2D eigenvalue weighted by Gasteiger charge is -2.10. The Balaban J connectivity index is 2.06. The van der Waals surface area contributed by atoms with Crippen LogP contribution in [0.5, 0.6) is 5.88 Å². The van der Waals surface area contributed by atoms with Crippen LogP contribution in [0, 0.1) is 0 Å². The third-order valence-electron chi connectivity index (χ3n) is 2.30. The van der Waals surface area contributed by atoms with Crippen LogP contribution in [0.25, 0.3) is 0 Å². The van der Waals surface area contributed by atoms with Gasteiger partial charge >= 0.3 is 0 Å². The summed E-state index contributed by atoms with van der Waals surface area (Å²) in [6.45, 7) is 3.22. The number of hydrogen-bond acceptors (Lipinski definition) is 4. The highest BCUT2D eigenvalue weighted by Gasteiger charge is 2.03. The van der Waals surface area contributed by atoms with E-state index in [0.717, 1.165) is 15.7 Å². The largest absolute Gasteiger partial charge is 0.476 e. The van der Waals surface area contributed by atoms with Crippen molar-refractivity contribution in [3.63, 3.8) is 0 Å². The third-order valence-corrected chi connectivity index (χ3v) is 2.73. The highest BCUT2D eigenvalue weighted by atomic mass is 79.9. The second-order valence-corrected chi connectivity index (χ2v) is 4.57. The summed E-state index contributed by atoms with van der Waals surface area (Å²) in [5.41, 5.74) is 1.98. The fraction of sp³-hybridized carbons (Fsp3) is 0.231. The normalized spacial score (nSPS) is 10.1. The van der Waals surface area contributed by atoms with Crippen molar-refractivity contribution in [2.24, 2.45) is 0 Å². The molecule has 0 amide bonds. The van der Waals surface area contributed by atoms with Gasteiger partial charge in [0.1, 0.15) is 0 Å². The lowest BCUT2D eigenvalue weighted by molar-refractivity contribution is 0.328. The van der Waals surface area contributed by atoms with E-state index < -0.39 is 0 Å². The molecular formula is C13H14BrN3O. The molecule has 0 aliphatic heterocycles. The number of aromatic nitrogens is 2. The average molecular weight is 308 g/mol.